The molecule has 7 N–H and O–H groups in total. The van der Waals surface area contributed by atoms with E-state index in [0.29, 0.717) is 25.7 Å². The summed E-state index contributed by atoms with van der Waals surface area (Å²) in [6.45, 7) is 3.26. The molecule has 0 unspecified atom stereocenters. The number of cyclic esters (lactones) is 2. The molecular weight excluding hydrogens is 388 g/mol. The van der Waals surface area contributed by atoms with E-state index >= 15 is 0 Å². The molecule has 1 aliphatic rings. The molecular formula is C19H40O10. The lowest BCUT2D eigenvalue weighted by Gasteiger charge is -1.99. The van der Waals surface area contributed by atoms with Gasteiger partial charge in [0.15, 0.2) is 12.6 Å². The summed E-state index contributed by atoms with van der Waals surface area (Å²) < 4.78 is 4.33. The van der Waals surface area contributed by atoms with E-state index in [1.165, 1.54) is 0 Å². The van der Waals surface area contributed by atoms with Crippen LogP contribution in [0.1, 0.15) is 78.1 Å². The number of aliphatic hydroxyl groups excluding tert-OH is 5. The van der Waals surface area contributed by atoms with E-state index in [-0.39, 0.29) is 25.2 Å². The van der Waals surface area contributed by atoms with E-state index in [9.17, 15) is 9.59 Å². The maximum absolute atomic E-state index is 10.5. The molecule has 0 saturated carbocycles. The predicted molar refractivity (Wildman–Crippen MR) is 105 cm³/mol. The fraction of sp³-hybridized carbons (Fsp3) is 0.895. The Morgan fingerprint density at radius 3 is 1.45 bits per heavy atom. The van der Waals surface area contributed by atoms with Gasteiger partial charge in [0, 0.05) is 12.8 Å². The van der Waals surface area contributed by atoms with Crippen LogP contribution in [0.15, 0.2) is 0 Å². The van der Waals surface area contributed by atoms with Crippen LogP contribution in [-0.2, 0) is 14.3 Å². The molecule has 0 aliphatic carbocycles. The van der Waals surface area contributed by atoms with Gasteiger partial charge in [-0.25, -0.2) is 0 Å². The van der Waals surface area contributed by atoms with Gasteiger partial charge in [-0.15, -0.1) is 0 Å². The van der Waals surface area contributed by atoms with Crippen LogP contribution in [0.2, 0.25) is 0 Å². The molecule has 1 heterocycles. The van der Waals surface area contributed by atoms with Gasteiger partial charge in [-0.2, -0.15) is 0 Å². The van der Waals surface area contributed by atoms with Crippen molar-refractivity contribution in [1.29, 1.82) is 0 Å². The van der Waals surface area contributed by atoms with Crippen molar-refractivity contribution in [3.05, 3.63) is 0 Å². The molecule has 0 aromatic carbocycles. The smallest absolute Gasteiger partial charge is 0.313 e. The SMILES string of the molecule is CCCC(O)O.CCCCCC(O)O.O=C1CCCCC(=O)O1.OCC(O)CO. The van der Waals surface area contributed by atoms with Crippen molar-refractivity contribution >= 4 is 11.9 Å². The second-order valence-electron chi connectivity index (χ2n) is 6.32. The maximum atomic E-state index is 10.5. The number of carbonyl (C=O) groups is 2. The minimum absolute atomic E-state index is 0.365. The maximum Gasteiger partial charge on any atom is 0.313 e. The van der Waals surface area contributed by atoms with Gasteiger partial charge in [0.25, 0.3) is 0 Å². The lowest BCUT2D eigenvalue weighted by molar-refractivity contribution is -0.158. The number of unbranched alkanes of at least 4 members (excludes halogenated alkanes) is 2. The van der Waals surface area contributed by atoms with E-state index in [2.05, 4.69) is 11.7 Å². The van der Waals surface area contributed by atoms with Crippen LogP contribution in [0.25, 0.3) is 0 Å². The van der Waals surface area contributed by atoms with Gasteiger partial charge in [0.05, 0.1) is 13.2 Å². The summed E-state index contributed by atoms with van der Waals surface area (Å²) in [6, 6.07) is 0. The number of esters is 2. The molecule has 0 aromatic heterocycles. The van der Waals surface area contributed by atoms with Crippen LogP contribution in [-0.4, -0.2) is 79.6 Å². The Labute approximate surface area is 172 Å². The first-order valence-electron chi connectivity index (χ1n) is 9.99. The van der Waals surface area contributed by atoms with E-state index in [1.54, 1.807) is 0 Å². The molecule has 10 nitrogen and oxygen atoms in total. The van der Waals surface area contributed by atoms with Crippen LogP contribution < -0.4 is 0 Å². The zero-order valence-electron chi connectivity index (χ0n) is 17.6. The minimum atomic E-state index is -1.10. The number of aliphatic hydroxyl groups is 7. The molecule has 0 aromatic rings. The molecule has 10 heteroatoms. The van der Waals surface area contributed by atoms with Gasteiger partial charge in [0.2, 0.25) is 0 Å². The molecule has 0 amide bonds. The molecule has 1 rings (SSSR count). The molecule has 1 saturated heterocycles. The van der Waals surface area contributed by atoms with Gasteiger partial charge >= 0.3 is 11.9 Å². The van der Waals surface area contributed by atoms with Gasteiger partial charge in [-0.1, -0.05) is 33.1 Å². The Morgan fingerprint density at radius 2 is 1.21 bits per heavy atom. The first kappa shape index (κ1) is 32.5. The first-order valence-corrected chi connectivity index (χ1v) is 9.99. The fourth-order valence-corrected chi connectivity index (χ4v) is 1.66. The highest BCUT2D eigenvalue weighted by molar-refractivity contribution is 5.86. The molecule has 1 aliphatic heterocycles. The van der Waals surface area contributed by atoms with Crippen LogP contribution in [0, 0.1) is 0 Å². The third-order valence-electron chi connectivity index (χ3n) is 3.27. The van der Waals surface area contributed by atoms with Crippen molar-refractivity contribution < 1.29 is 50.1 Å². The third kappa shape index (κ3) is 34.7. The van der Waals surface area contributed by atoms with E-state index in [1.807, 2.05) is 6.92 Å². The summed E-state index contributed by atoms with van der Waals surface area (Å²) in [7, 11) is 0. The summed E-state index contributed by atoms with van der Waals surface area (Å²) in [5.41, 5.74) is 0. The molecule has 0 atom stereocenters. The fourth-order valence-electron chi connectivity index (χ4n) is 1.66. The second kappa shape index (κ2) is 24.9. The Bertz CT molecular complexity index is 341. The highest BCUT2D eigenvalue weighted by atomic mass is 16.6. The normalized spacial score (nSPS) is 13.5. The van der Waals surface area contributed by atoms with Crippen LogP contribution in [0.5, 0.6) is 0 Å². The van der Waals surface area contributed by atoms with Gasteiger partial charge in [0.1, 0.15) is 6.10 Å². The number of ether oxygens (including phenoxy) is 1. The monoisotopic (exact) mass is 428 g/mol. The summed E-state index contributed by atoms with van der Waals surface area (Å²) in [4.78, 5) is 20.9. The Kier molecular flexibility index (Phi) is 27.9. The van der Waals surface area contributed by atoms with E-state index < -0.39 is 18.7 Å². The average molecular weight is 429 g/mol. The van der Waals surface area contributed by atoms with Crippen LogP contribution >= 0.6 is 0 Å². The van der Waals surface area contributed by atoms with Gasteiger partial charge in [-0.3, -0.25) is 9.59 Å². The zero-order chi connectivity index (χ0) is 23.1. The first-order chi connectivity index (χ1) is 13.6. The number of hydrogen-bond acceptors (Lipinski definition) is 10. The van der Waals surface area contributed by atoms with Crippen molar-refractivity contribution in [3.63, 3.8) is 0 Å². The summed E-state index contributed by atoms with van der Waals surface area (Å²) in [5.74, 6) is -0.755. The van der Waals surface area contributed by atoms with Crippen molar-refractivity contribution in [1.82, 2.24) is 0 Å². The van der Waals surface area contributed by atoms with E-state index in [4.69, 9.17) is 35.7 Å². The average Bonchev–Trinajstić information content (AvgIpc) is 2.85. The Hall–Kier alpha value is -1.14. The molecule has 0 spiro atoms. The van der Waals surface area contributed by atoms with Crippen molar-refractivity contribution in [2.24, 2.45) is 0 Å². The number of rotatable bonds is 8. The lowest BCUT2D eigenvalue weighted by Crippen LogP contribution is -2.15. The summed E-state index contributed by atoms with van der Waals surface area (Å²) >= 11 is 0. The van der Waals surface area contributed by atoms with Gasteiger partial charge < -0.3 is 40.5 Å². The predicted octanol–water partition coefficient (Wildman–Crippen LogP) is -0.0633. The third-order valence-corrected chi connectivity index (χ3v) is 3.27. The molecule has 0 radical (unpaired) electrons. The largest absolute Gasteiger partial charge is 0.394 e. The Morgan fingerprint density at radius 1 is 0.759 bits per heavy atom. The van der Waals surface area contributed by atoms with Crippen LogP contribution in [0.3, 0.4) is 0 Å². The van der Waals surface area contributed by atoms with Crippen LogP contribution in [0.4, 0.5) is 0 Å². The van der Waals surface area contributed by atoms with Crippen molar-refractivity contribution in [3.8, 4) is 0 Å². The molecule has 29 heavy (non-hydrogen) atoms. The molecule has 0 bridgehead atoms. The standard InChI is InChI=1S/C6H8O3.C6H14O2.C4H10O2.C3H8O3/c7-5-3-1-2-4-6(8)9-5;1-2-3-4-5-6(7)8;1-2-3-4(5)6;4-1-3(6)2-5/h1-4H2;6-8H,2-5H2,1H3;4-6H,2-3H2,1H3;3-6H,1-2H2. The minimum Gasteiger partial charge on any atom is -0.394 e. The lowest BCUT2D eigenvalue weighted by atomic mass is 10.2. The van der Waals surface area contributed by atoms with Crippen molar-refractivity contribution in [2.45, 2.75) is 96.7 Å². The number of hydrogen-bond donors (Lipinski definition) is 7. The summed E-state index contributed by atoms with van der Waals surface area (Å²) in [6.07, 6.45) is 4.19. The topological polar surface area (TPSA) is 185 Å². The zero-order valence-corrected chi connectivity index (χ0v) is 17.6. The molecule has 176 valence electrons. The van der Waals surface area contributed by atoms with Crippen molar-refractivity contribution in [2.75, 3.05) is 13.2 Å². The summed E-state index contributed by atoms with van der Waals surface area (Å²) in [5, 5.41) is 56.9. The quantitative estimate of drug-likeness (QED) is 0.119. The highest BCUT2D eigenvalue weighted by Crippen LogP contribution is 2.07. The van der Waals surface area contributed by atoms with E-state index in [0.717, 1.165) is 38.5 Å². The number of carbonyl (C=O) groups excluding carboxylic acids is 2. The Balaban J connectivity index is -0.000000317. The van der Waals surface area contributed by atoms with Gasteiger partial charge in [-0.05, 0) is 32.1 Å². The molecule has 1 fully saturated rings. The second-order valence-corrected chi connectivity index (χ2v) is 6.32. The highest BCUT2D eigenvalue weighted by Gasteiger charge is 2.13.